The Morgan fingerprint density at radius 2 is 2.06 bits per heavy atom. The summed E-state index contributed by atoms with van der Waals surface area (Å²) in [6.45, 7) is 8.03. The van der Waals surface area contributed by atoms with Gasteiger partial charge in [0.25, 0.3) is 0 Å². The van der Waals surface area contributed by atoms with Gasteiger partial charge in [0.15, 0.2) is 6.29 Å². The standard InChI is InChI=1S/C14H20O2/c1-5-8-14(15-4)16-13-10-7-6-9-12(13)11(2)3/h6-7,9-10,14H,2,5,8H2,1,3-4H3. The molecule has 0 aromatic heterocycles. The monoisotopic (exact) mass is 220 g/mol. The lowest BCUT2D eigenvalue weighted by Crippen LogP contribution is -2.18. The Hall–Kier alpha value is -1.28. The third kappa shape index (κ3) is 3.38. The van der Waals surface area contributed by atoms with Gasteiger partial charge in [0.05, 0.1) is 0 Å². The summed E-state index contributed by atoms with van der Waals surface area (Å²) >= 11 is 0. The molecule has 1 atom stereocenters. The van der Waals surface area contributed by atoms with Crippen LogP contribution in [0.5, 0.6) is 5.75 Å². The molecule has 16 heavy (non-hydrogen) atoms. The van der Waals surface area contributed by atoms with Crippen LogP contribution in [0.3, 0.4) is 0 Å². The van der Waals surface area contributed by atoms with E-state index in [0.717, 1.165) is 29.7 Å². The van der Waals surface area contributed by atoms with Crippen molar-refractivity contribution in [2.24, 2.45) is 0 Å². The SMILES string of the molecule is C=C(C)c1ccccc1OC(CCC)OC. The van der Waals surface area contributed by atoms with Crippen LogP contribution in [0.4, 0.5) is 0 Å². The van der Waals surface area contributed by atoms with Crippen molar-refractivity contribution in [3.05, 3.63) is 36.4 Å². The van der Waals surface area contributed by atoms with Gasteiger partial charge in [-0.05, 0) is 18.6 Å². The summed E-state index contributed by atoms with van der Waals surface area (Å²) < 4.78 is 11.1. The van der Waals surface area contributed by atoms with Gasteiger partial charge in [-0.3, -0.25) is 0 Å². The summed E-state index contributed by atoms with van der Waals surface area (Å²) in [5, 5.41) is 0. The van der Waals surface area contributed by atoms with Crippen molar-refractivity contribution in [2.45, 2.75) is 33.0 Å². The van der Waals surface area contributed by atoms with Crippen molar-refractivity contribution in [1.82, 2.24) is 0 Å². The first-order valence-electron chi connectivity index (χ1n) is 5.63. The molecule has 0 aliphatic carbocycles. The van der Waals surface area contributed by atoms with Crippen LogP contribution in [0.15, 0.2) is 30.8 Å². The first kappa shape index (κ1) is 12.8. The highest BCUT2D eigenvalue weighted by Gasteiger charge is 2.10. The number of para-hydroxylation sites is 1. The summed E-state index contributed by atoms with van der Waals surface area (Å²) in [6.07, 6.45) is 1.75. The van der Waals surface area contributed by atoms with Crippen LogP contribution in [0.2, 0.25) is 0 Å². The van der Waals surface area contributed by atoms with Crippen molar-refractivity contribution in [1.29, 1.82) is 0 Å². The predicted molar refractivity (Wildman–Crippen MR) is 67.5 cm³/mol. The van der Waals surface area contributed by atoms with E-state index in [1.165, 1.54) is 0 Å². The summed E-state index contributed by atoms with van der Waals surface area (Å²) in [6, 6.07) is 7.90. The van der Waals surface area contributed by atoms with E-state index in [4.69, 9.17) is 9.47 Å². The average Bonchev–Trinajstić information content (AvgIpc) is 2.29. The molecule has 0 saturated heterocycles. The molecule has 1 aromatic rings. The van der Waals surface area contributed by atoms with E-state index in [0.29, 0.717) is 0 Å². The quantitative estimate of drug-likeness (QED) is 0.677. The van der Waals surface area contributed by atoms with Gasteiger partial charge < -0.3 is 9.47 Å². The Kier molecular flexibility index (Phi) is 5.06. The van der Waals surface area contributed by atoms with Gasteiger partial charge in [-0.15, -0.1) is 0 Å². The summed E-state index contributed by atoms with van der Waals surface area (Å²) in [7, 11) is 1.67. The lowest BCUT2D eigenvalue weighted by atomic mass is 10.1. The van der Waals surface area contributed by atoms with Crippen molar-refractivity contribution in [2.75, 3.05) is 7.11 Å². The highest BCUT2D eigenvalue weighted by atomic mass is 16.7. The van der Waals surface area contributed by atoms with E-state index < -0.39 is 0 Å². The Morgan fingerprint density at radius 3 is 2.62 bits per heavy atom. The average molecular weight is 220 g/mol. The van der Waals surface area contributed by atoms with Crippen LogP contribution in [0.25, 0.3) is 5.57 Å². The summed E-state index contributed by atoms with van der Waals surface area (Å²) in [5.74, 6) is 0.843. The van der Waals surface area contributed by atoms with E-state index >= 15 is 0 Å². The second-order valence-electron chi connectivity index (χ2n) is 3.85. The largest absolute Gasteiger partial charge is 0.464 e. The Morgan fingerprint density at radius 1 is 1.38 bits per heavy atom. The molecule has 0 aliphatic rings. The molecule has 0 N–H and O–H groups in total. The second kappa shape index (κ2) is 6.33. The number of hydrogen-bond donors (Lipinski definition) is 0. The molecule has 0 radical (unpaired) electrons. The number of hydrogen-bond acceptors (Lipinski definition) is 2. The van der Waals surface area contributed by atoms with Crippen LogP contribution in [0.1, 0.15) is 32.3 Å². The van der Waals surface area contributed by atoms with Gasteiger partial charge in [0, 0.05) is 19.1 Å². The molecule has 0 saturated carbocycles. The van der Waals surface area contributed by atoms with Crippen LogP contribution < -0.4 is 4.74 Å². The van der Waals surface area contributed by atoms with Crippen molar-refractivity contribution >= 4 is 5.57 Å². The molecular weight excluding hydrogens is 200 g/mol. The molecule has 88 valence electrons. The topological polar surface area (TPSA) is 18.5 Å². The fourth-order valence-corrected chi connectivity index (χ4v) is 1.52. The molecular formula is C14H20O2. The van der Waals surface area contributed by atoms with Gasteiger partial charge in [-0.1, -0.05) is 38.1 Å². The third-order valence-corrected chi connectivity index (χ3v) is 2.39. The molecule has 0 fully saturated rings. The smallest absolute Gasteiger partial charge is 0.199 e. The van der Waals surface area contributed by atoms with Crippen LogP contribution in [0, 0.1) is 0 Å². The minimum atomic E-state index is -0.175. The van der Waals surface area contributed by atoms with Gasteiger partial charge >= 0.3 is 0 Å². The number of benzene rings is 1. The van der Waals surface area contributed by atoms with Crippen molar-refractivity contribution < 1.29 is 9.47 Å². The zero-order valence-electron chi connectivity index (χ0n) is 10.3. The molecule has 2 nitrogen and oxygen atoms in total. The normalized spacial score (nSPS) is 12.2. The van der Waals surface area contributed by atoms with E-state index in [1.54, 1.807) is 7.11 Å². The maximum Gasteiger partial charge on any atom is 0.199 e. The van der Waals surface area contributed by atoms with E-state index in [-0.39, 0.29) is 6.29 Å². The highest BCUT2D eigenvalue weighted by Crippen LogP contribution is 2.26. The zero-order chi connectivity index (χ0) is 12.0. The number of methoxy groups -OCH3 is 1. The van der Waals surface area contributed by atoms with Crippen LogP contribution in [-0.4, -0.2) is 13.4 Å². The van der Waals surface area contributed by atoms with E-state index in [2.05, 4.69) is 13.5 Å². The summed E-state index contributed by atoms with van der Waals surface area (Å²) in [5.41, 5.74) is 2.04. The summed E-state index contributed by atoms with van der Waals surface area (Å²) in [4.78, 5) is 0. The van der Waals surface area contributed by atoms with Crippen molar-refractivity contribution in [3.63, 3.8) is 0 Å². The molecule has 0 heterocycles. The van der Waals surface area contributed by atoms with Gasteiger partial charge in [0.1, 0.15) is 5.75 Å². The number of ether oxygens (including phenoxy) is 2. The molecule has 0 aliphatic heterocycles. The molecule has 0 spiro atoms. The molecule has 1 rings (SSSR count). The number of rotatable bonds is 6. The molecule has 0 bridgehead atoms. The second-order valence-corrected chi connectivity index (χ2v) is 3.85. The predicted octanol–water partition coefficient (Wildman–Crippen LogP) is 3.87. The first-order chi connectivity index (χ1) is 7.69. The maximum absolute atomic E-state index is 5.81. The van der Waals surface area contributed by atoms with Gasteiger partial charge in [0.2, 0.25) is 0 Å². The van der Waals surface area contributed by atoms with Gasteiger partial charge in [-0.2, -0.15) is 0 Å². The molecule has 0 amide bonds. The zero-order valence-corrected chi connectivity index (χ0v) is 10.3. The highest BCUT2D eigenvalue weighted by molar-refractivity contribution is 5.66. The molecule has 2 heteroatoms. The van der Waals surface area contributed by atoms with Crippen LogP contribution in [-0.2, 0) is 4.74 Å². The Balaban J connectivity index is 2.82. The minimum Gasteiger partial charge on any atom is -0.464 e. The fraction of sp³-hybridized carbons (Fsp3) is 0.429. The molecule has 1 aromatic carbocycles. The third-order valence-electron chi connectivity index (χ3n) is 2.39. The van der Waals surface area contributed by atoms with E-state index in [1.807, 2.05) is 31.2 Å². The fourth-order valence-electron chi connectivity index (χ4n) is 1.52. The first-order valence-corrected chi connectivity index (χ1v) is 5.63. The minimum absolute atomic E-state index is 0.175. The Labute approximate surface area is 97.9 Å². The number of allylic oxidation sites excluding steroid dienone is 1. The lowest BCUT2D eigenvalue weighted by Gasteiger charge is -2.19. The van der Waals surface area contributed by atoms with Crippen molar-refractivity contribution in [3.8, 4) is 5.75 Å². The lowest BCUT2D eigenvalue weighted by molar-refractivity contribution is -0.0585. The van der Waals surface area contributed by atoms with Gasteiger partial charge in [-0.25, -0.2) is 0 Å². The Bertz CT molecular complexity index is 344. The molecule has 1 unspecified atom stereocenters. The maximum atomic E-state index is 5.81. The van der Waals surface area contributed by atoms with Crippen LogP contribution >= 0.6 is 0 Å². The van der Waals surface area contributed by atoms with E-state index in [9.17, 15) is 0 Å².